The normalized spacial score (nSPS) is 10.8. The Balaban J connectivity index is 1.51. The second-order valence-electron chi connectivity index (χ2n) is 6.73. The molecule has 0 aliphatic heterocycles. The van der Waals surface area contributed by atoms with Gasteiger partial charge in [0.15, 0.2) is 16.4 Å². The van der Waals surface area contributed by atoms with Gasteiger partial charge in [-0.2, -0.15) is 10.1 Å². The minimum absolute atomic E-state index is 0.00693. The second-order valence-corrected chi connectivity index (χ2v) is 7.12. The molecule has 2 aromatic carbocycles. The van der Waals surface area contributed by atoms with Crippen molar-refractivity contribution in [1.29, 1.82) is 0 Å². The third-order valence-electron chi connectivity index (χ3n) is 4.40. The third-order valence-corrected chi connectivity index (χ3v) is 4.71. The molecule has 9 heteroatoms. The van der Waals surface area contributed by atoms with E-state index in [0.29, 0.717) is 16.4 Å². The van der Waals surface area contributed by atoms with Gasteiger partial charge in [0.25, 0.3) is 0 Å². The van der Waals surface area contributed by atoms with Crippen LogP contribution in [0.5, 0.6) is 0 Å². The Morgan fingerprint density at radius 1 is 1.03 bits per heavy atom. The van der Waals surface area contributed by atoms with Crippen LogP contribution >= 0.6 is 12.2 Å². The van der Waals surface area contributed by atoms with Gasteiger partial charge in [-0.3, -0.25) is 24.9 Å². The number of aromatic amines is 2. The molecule has 0 unspecified atom stereocenters. The van der Waals surface area contributed by atoms with Crippen molar-refractivity contribution in [2.75, 3.05) is 5.32 Å². The molecule has 3 N–H and O–H groups in total. The fourth-order valence-corrected chi connectivity index (χ4v) is 3.13. The Kier molecular flexibility index (Phi) is 5.05. The molecule has 0 atom stereocenters. The SMILES string of the molecule is Cc1ccc(-c2nc(NC(=O)Cn3c(-c4cccc(C)c4)n[nH]c3=S)n[nH]2)cc1. The molecule has 2 aromatic heterocycles. The quantitative estimate of drug-likeness (QED) is 0.440. The Bertz CT molecular complexity index is 1220. The summed E-state index contributed by atoms with van der Waals surface area (Å²) < 4.78 is 2.01. The number of nitrogens with one attached hydrogen (secondary N) is 3. The molecule has 0 aliphatic rings. The average Bonchev–Trinajstić information content (AvgIpc) is 3.30. The number of H-pyrrole nitrogens is 2. The van der Waals surface area contributed by atoms with Gasteiger partial charge in [0, 0.05) is 11.1 Å². The zero-order chi connectivity index (χ0) is 20.4. The minimum Gasteiger partial charge on any atom is -0.292 e. The van der Waals surface area contributed by atoms with E-state index in [0.717, 1.165) is 22.3 Å². The Morgan fingerprint density at radius 3 is 2.59 bits per heavy atom. The number of hydrogen-bond donors (Lipinski definition) is 3. The number of anilines is 1. The molecule has 4 rings (SSSR count). The smallest absolute Gasteiger partial charge is 0.249 e. The summed E-state index contributed by atoms with van der Waals surface area (Å²) in [5.74, 6) is 1.09. The first-order chi connectivity index (χ1) is 14.0. The predicted octanol–water partition coefficient (Wildman–Crippen LogP) is 3.65. The first-order valence-corrected chi connectivity index (χ1v) is 9.42. The molecule has 0 saturated heterocycles. The summed E-state index contributed by atoms with van der Waals surface area (Å²) in [7, 11) is 0. The highest BCUT2D eigenvalue weighted by Crippen LogP contribution is 2.19. The number of rotatable bonds is 5. The van der Waals surface area contributed by atoms with Gasteiger partial charge in [-0.1, -0.05) is 53.6 Å². The van der Waals surface area contributed by atoms with E-state index >= 15 is 0 Å². The van der Waals surface area contributed by atoms with Crippen LogP contribution in [0.3, 0.4) is 0 Å². The third kappa shape index (κ3) is 4.14. The molecule has 0 aliphatic carbocycles. The molecule has 146 valence electrons. The van der Waals surface area contributed by atoms with E-state index in [4.69, 9.17) is 12.2 Å². The number of nitrogens with zero attached hydrogens (tertiary/aromatic N) is 4. The minimum atomic E-state index is -0.300. The number of aryl methyl sites for hydroxylation is 2. The highest BCUT2D eigenvalue weighted by Gasteiger charge is 2.14. The predicted molar refractivity (Wildman–Crippen MR) is 113 cm³/mol. The van der Waals surface area contributed by atoms with E-state index in [9.17, 15) is 4.79 Å². The number of aromatic nitrogens is 6. The summed E-state index contributed by atoms with van der Waals surface area (Å²) in [4.78, 5) is 16.9. The first-order valence-electron chi connectivity index (χ1n) is 9.01. The molecule has 0 saturated carbocycles. The highest BCUT2D eigenvalue weighted by atomic mass is 32.1. The van der Waals surface area contributed by atoms with Gasteiger partial charge in [0.2, 0.25) is 11.9 Å². The monoisotopic (exact) mass is 405 g/mol. The number of carbonyl (C=O) groups is 1. The number of amides is 1. The molecule has 0 fully saturated rings. The number of hydrogen-bond acceptors (Lipinski definition) is 5. The molecule has 0 spiro atoms. The van der Waals surface area contributed by atoms with Crippen LogP contribution < -0.4 is 5.32 Å². The molecule has 0 radical (unpaired) electrons. The number of carbonyl (C=O) groups excluding carboxylic acids is 1. The zero-order valence-electron chi connectivity index (χ0n) is 15.9. The van der Waals surface area contributed by atoms with Crippen LogP contribution in [-0.2, 0) is 11.3 Å². The van der Waals surface area contributed by atoms with Crippen LogP contribution in [0.1, 0.15) is 11.1 Å². The Hall–Kier alpha value is -3.59. The van der Waals surface area contributed by atoms with E-state index in [1.807, 2.05) is 62.4 Å². The molecule has 2 heterocycles. The molecular weight excluding hydrogens is 386 g/mol. The van der Waals surface area contributed by atoms with Gasteiger partial charge in [0.05, 0.1) is 0 Å². The average molecular weight is 405 g/mol. The van der Waals surface area contributed by atoms with E-state index in [1.165, 1.54) is 0 Å². The van der Waals surface area contributed by atoms with Crippen LogP contribution in [0.4, 0.5) is 5.95 Å². The van der Waals surface area contributed by atoms with E-state index < -0.39 is 0 Å². The molecule has 4 aromatic rings. The van der Waals surface area contributed by atoms with Gasteiger partial charge < -0.3 is 0 Å². The number of benzene rings is 2. The van der Waals surface area contributed by atoms with E-state index in [-0.39, 0.29) is 18.4 Å². The molecular formula is C20H19N7OS. The summed E-state index contributed by atoms with van der Waals surface area (Å²) in [6, 6.07) is 15.7. The fourth-order valence-electron chi connectivity index (χ4n) is 2.93. The molecule has 0 bridgehead atoms. The summed E-state index contributed by atoms with van der Waals surface area (Å²) in [6.45, 7) is 4.01. The van der Waals surface area contributed by atoms with Crippen molar-refractivity contribution in [3.8, 4) is 22.8 Å². The summed E-state index contributed by atoms with van der Waals surface area (Å²) in [5.41, 5.74) is 4.02. The van der Waals surface area contributed by atoms with Crippen LogP contribution in [0, 0.1) is 18.6 Å². The Labute approximate surface area is 172 Å². The zero-order valence-corrected chi connectivity index (χ0v) is 16.7. The lowest BCUT2D eigenvalue weighted by atomic mass is 10.1. The topological polar surface area (TPSA) is 104 Å². The van der Waals surface area contributed by atoms with Gasteiger partial charge in [-0.05, 0) is 32.1 Å². The fraction of sp³-hybridized carbons (Fsp3) is 0.150. The Morgan fingerprint density at radius 2 is 1.83 bits per heavy atom. The van der Waals surface area contributed by atoms with Crippen molar-refractivity contribution in [3.63, 3.8) is 0 Å². The van der Waals surface area contributed by atoms with E-state index in [2.05, 4.69) is 30.7 Å². The van der Waals surface area contributed by atoms with Gasteiger partial charge in [-0.25, -0.2) is 0 Å². The van der Waals surface area contributed by atoms with Crippen LogP contribution in [-0.4, -0.2) is 35.9 Å². The molecule has 8 nitrogen and oxygen atoms in total. The maximum Gasteiger partial charge on any atom is 0.249 e. The first kappa shape index (κ1) is 18.8. The summed E-state index contributed by atoms with van der Waals surface area (Å²) in [6.07, 6.45) is 0. The van der Waals surface area contributed by atoms with Gasteiger partial charge >= 0.3 is 0 Å². The molecule has 1 amide bonds. The van der Waals surface area contributed by atoms with Crippen molar-refractivity contribution in [1.82, 2.24) is 29.9 Å². The van der Waals surface area contributed by atoms with Crippen molar-refractivity contribution < 1.29 is 4.79 Å². The lowest BCUT2D eigenvalue weighted by Crippen LogP contribution is -2.20. The summed E-state index contributed by atoms with van der Waals surface area (Å²) >= 11 is 5.29. The van der Waals surface area contributed by atoms with Crippen molar-refractivity contribution >= 4 is 24.1 Å². The maximum absolute atomic E-state index is 12.6. The second kappa shape index (κ2) is 7.80. The largest absolute Gasteiger partial charge is 0.292 e. The van der Waals surface area contributed by atoms with Crippen LogP contribution in [0.15, 0.2) is 48.5 Å². The van der Waals surface area contributed by atoms with Crippen molar-refractivity contribution in [3.05, 3.63) is 64.4 Å². The lowest BCUT2D eigenvalue weighted by Gasteiger charge is -2.07. The van der Waals surface area contributed by atoms with Gasteiger partial charge in [-0.15, -0.1) is 5.10 Å². The standard InChI is InChI=1S/C20H19N7OS/c1-12-6-8-14(9-7-12)17-22-19(25-23-17)21-16(28)11-27-18(24-26-20(27)29)15-5-3-4-13(2)10-15/h3-10H,11H2,1-2H3,(H,26,29)(H2,21,22,23,25,28). The van der Waals surface area contributed by atoms with Gasteiger partial charge in [0.1, 0.15) is 6.54 Å². The van der Waals surface area contributed by atoms with Crippen molar-refractivity contribution in [2.45, 2.75) is 20.4 Å². The van der Waals surface area contributed by atoms with E-state index in [1.54, 1.807) is 4.57 Å². The van der Waals surface area contributed by atoms with Crippen LogP contribution in [0.2, 0.25) is 0 Å². The van der Waals surface area contributed by atoms with Crippen molar-refractivity contribution in [2.24, 2.45) is 0 Å². The summed E-state index contributed by atoms with van der Waals surface area (Å²) in [5, 5.41) is 16.6. The maximum atomic E-state index is 12.6. The lowest BCUT2D eigenvalue weighted by molar-refractivity contribution is -0.116. The van der Waals surface area contributed by atoms with Crippen LogP contribution in [0.25, 0.3) is 22.8 Å². The molecule has 29 heavy (non-hydrogen) atoms. The highest BCUT2D eigenvalue weighted by molar-refractivity contribution is 7.71.